The molecule has 21 heteroatoms. The minimum absolute atomic E-state index is 0.00308. The van der Waals surface area contributed by atoms with E-state index in [1.807, 2.05) is 87.5 Å². The summed E-state index contributed by atoms with van der Waals surface area (Å²) in [5.41, 5.74) is 45.2. The lowest BCUT2D eigenvalue weighted by Crippen LogP contribution is -2.55. The Balaban J connectivity index is 0.000000148. The quantitative estimate of drug-likeness (QED) is 0.0247. The van der Waals surface area contributed by atoms with Crippen LogP contribution in [0.3, 0.4) is 0 Å². The number of aliphatic hydroxyl groups is 1. The van der Waals surface area contributed by atoms with Gasteiger partial charge < -0.3 is 93.0 Å². The van der Waals surface area contributed by atoms with Crippen LogP contribution in [0.15, 0.2) is 79.4 Å². The maximum atomic E-state index is 8.74. The second-order valence-corrected chi connectivity index (χ2v) is 27.1. The van der Waals surface area contributed by atoms with Crippen LogP contribution in [0.25, 0.3) is 0 Å². The minimum Gasteiger partial charge on any atom is -0.488 e. The number of fused-ring (bicyclic) bond motifs is 5. The van der Waals surface area contributed by atoms with Crippen molar-refractivity contribution in [1.82, 2.24) is 9.47 Å². The molecule has 91 heavy (non-hydrogen) atoms. The average molecular weight is 1260 g/mol. The maximum absolute atomic E-state index is 8.74. The number of hydrogen-bond donors (Lipinski definition) is 11. The van der Waals surface area contributed by atoms with Crippen LogP contribution in [0.5, 0.6) is 28.7 Å². The number of nitrogens with zero attached hydrogens (tertiary/aromatic N) is 5. The number of hydrogen-bond acceptors (Lipinski definition) is 17. The number of aryl methyl sites for hydroxylation is 6. The number of piperazine rings is 1. The van der Waals surface area contributed by atoms with E-state index in [2.05, 4.69) is 95.6 Å². The Kier molecular flexibility index (Phi) is 24.6. The van der Waals surface area contributed by atoms with Gasteiger partial charge >= 0.3 is 0 Å². The summed E-state index contributed by atoms with van der Waals surface area (Å²) in [6, 6.07) is 20.1. The van der Waals surface area contributed by atoms with Crippen molar-refractivity contribution < 1.29 is 42.3 Å². The summed E-state index contributed by atoms with van der Waals surface area (Å²) in [7, 11) is 13.1. The molecule has 0 spiro atoms. The lowest BCUT2D eigenvalue weighted by Gasteiger charge is -2.39. The van der Waals surface area contributed by atoms with E-state index < -0.39 is 0 Å². The third kappa shape index (κ3) is 20.3. The summed E-state index contributed by atoms with van der Waals surface area (Å²) < 4.78 is 35.4. The fraction of sp³-hybridized carbons (Fsp3) is 0.529. The summed E-state index contributed by atoms with van der Waals surface area (Å²) in [5, 5.41) is 25.7. The van der Waals surface area contributed by atoms with Gasteiger partial charge in [-0.2, -0.15) is 0 Å². The SMILES string of the molecule is CC(C)(C)Oc1c(N)ccc2c1NCCC2.C[N+](C)(C)CCOc1c(N)ccc2c1NCCC2.C[N+]1(C)CCN(CCOc2c(N)ccc3c2NCCC3)CC1.C[n+]1ccn(CCOc2c(N)ccc3c2NCCC3)c1.Nc1ccc2c(c1OCCO)NCCC2. The Labute approximate surface area is 542 Å². The zero-order chi connectivity index (χ0) is 65.1. The molecule has 0 radical (unpaired) electrons. The second kappa shape index (κ2) is 32.4. The van der Waals surface area contributed by atoms with E-state index in [-0.39, 0.29) is 18.8 Å². The van der Waals surface area contributed by atoms with Crippen LogP contribution in [-0.4, -0.2) is 169 Å². The lowest BCUT2D eigenvalue weighted by atomic mass is 10.0. The monoisotopic (exact) mass is 1260 g/mol. The predicted octanol–water partition coefficient (Wildman–Crippen LogP) is 8.24. The molecule has 498 valence electrons. The van der Waals surface area contributed by atoms with Crippen LogP contribution >= 0.6 is 0 Å². The first-order valence-electron chi connectivity index (χ1n) is 33.0. The van der Waals surface area contributed by atoms with E-state index in [0.29, 0.717) is 42.6 Å². The van der Waals surface area contributed by atoms with Crippen LogP contribution in [0.4, 0.5) is 56.9 Å². The van der Waals surface area contributed by atoms with Crippen molar-refractivity contribution in [3.63, 3.8) is 0 Å². The summed E-state index contributed by atoms with van der Waals surface area (Å²) in [5.74, 6) is 3.98. The number of benzene rings is 5. The van der Waals surface area contributed by atoms with E-state index in [9.17, 15) is 0 Å². The fourth-order valence-corrected chi connectivity index (χ4v) is 11.7. The number of quaternary nitrogens is 2. The molecule has 0 unspecified atom stereocenters. The summed E-state index contributed by atoms with van der Waals surface area (Å²) in [6.45, 7) is 20.8. The molecule has 12 rings (SSSR count). The van der Waals surface area contributed by atoms with Crippen LogP contribution in [-0.2, 0) is 45.7 Å². The van der Waals surface area contributed by atoms with Gasteiger partial charge in [-0.3, -0.25) is 4.90 Å². The largest absolute Gasteiger partial charge is 0.488 e. The van der Waals surface area contributed by atoms with E-state index in [4.69, 9.17) is 57.5 Å². The predicted molar refractivity (Wildman–Crippen MR) is 375 cm³/mol. The summed E-state index contributed by atoms with van der Waals surface area (Å²) in [6.07, 6.45) is 17.4. The number of likely N-dealkylation sites (N-methyl/N-ethyl adjacent to an activating group) is 2. The van der Waals surface area contributed by atoms with Crippen molar-refractivity contribution in [2.75, 3.05) is 196 Å². The van der Waals surface area contributed by atoms with Gasteiger partial charge in [-0.25, -0.2) is 9.13 Å². The van der Waals surface area contributed by atoms with Crippen molar-refractivity contribution in [2.45, 2.75) is 97.1 Å². The molecule has 0 aliphatic carbocycles. The number of ether oxygens (including phenoxy) is 5. The number of nitrogens with two attached hydrogens (primary N) is 5. The van der Waals surface area contributed by atoms with Crippen molar-refractivity contribution >= 4 is 56.9 Å². The molecule has 6 aliphatic rings. The first-order chi connectivity index (χ1) is 43.6. The van der Waals surface area contributed by atoms with Gasteiger partial charge in [0.1, 0.15) is 57.5 Å². The zero-order valence-electron chi connectivity index (χ0n) is 56.2. The van der Waals surface area contributed by atoms with Gasteiger partial charge in [0, 0.05) is 52.4 Å². The first-order valence-corrected chi connectivity index (χ1v) is 33.0. The third-order valence-electron chi connectivity index (χ3n) is 16.9. The molecule has 16 N–H and O–H groups in total. The fourth-order valence-electron chi connectivity index (χ4n) is 11.7. The number of nitrogens with one attached hydrogen (secondary N) is 5. The van der Waals surface area contributed by atoms with Crippen LogP contribution in [0.2, 0.25) is 0 Å². The molecule has 1 aromatic heterocycles. The van der Waals surface area contributed by atoms with Crippen molar-refractivity contribution in [2.24, 2.45) is 7.05 Å². The van der Waals surface area contributed by atoms with Crippen molar-refractivity contribution in [1.29, 1.82) is 0 Å². The van der Waals surface area contributed by atoms with Gasteiger partial charge in [0.25, 0.3) is 0 Å². The van der Waals surface area contributed by atoms with Crippen LogP contribution in [0, 0.1) is 0 Å². The molecule has 0 saturated carbocycles. The molecule has 21 nitrogen and oxygen atoms in total. The molecule has 0 amide bonds. The molecule has 0 bridgehead atoms. The number of rotatable bonds is 16. The Morgan fingerprint density at radius 3 is 1.19 bits per heavy atom. The van der Waals surface area contributed by atoms with Crippen LogP contribution in [0.1, 0.15) is 80.7 Å². The van der Waals surface area contributed by atoms with Gasteiger partial charge in [0.2, 0.25) is 6.33 Å². The number of aromatic nitrogens is 2. The minimum atomic E-state index is -0.220. The molecule has 6 aliphatic heterocycles. The Morgan fingerprint density at radius 1 is 0.505 bits per heavy atom. The number of aliphatic hydroxyl groups excluding tert-OH is 1. The Morgan fingerprint density at radius 2 is 0.846 bits per heavy atom. The highest BCUT2D eigenvalue weighted by molar-refractivity contribution is 5.77. The van der Waals surface area contributed by atoms with Gasteiger partial charge in [-0.15, -0.1) is 0 Å². The maximum Gasteiger partial charge on any atom is 0.243 e. The van der Waals surface area contributed by atoms with Gasteiger partial charge in [0.05, 0.1) is 119 Å². The van der Waals surface area contributed by atoms with E-state index >= 15 is 0 Å². The number of nitrogen functional groups attached to an aromatic ring is 5. The molecule has 6 aromatic rings. The zero-order valence-corrected chi connectivity index (χ0v) is 56.2. The van der Waals surface area contributed by atoms with E-state index in [0.717, 1.165) is 182 Å². The topological polar surface area (TPSA) is 269 Å². The molecule has 0 atom stereocenters. The van der Waals surface area contributed by atoms with Crippen molar-refractivity contribution in [3.05, 3.63) is 107 Å². The third-order valence-corrected chi connectivity index (χ3v) is 16.9. The smallest absolute Gasteiger partial charge is 0.243 e. The van der Waals surface area contributed by atoms with Gasteiger partial charge in [0.15, 0.2) is 28.7 Å². The molecule has 1 saturated heterocycles. The Bertz CT molecular complexity index is 3290. The molecule has 5 aromatic carbocycles. The molecule has 1 fully saturated rings. The van der Waals surface area contributed by atoms with E-state index in [1.165, 1.54) is 60.2 Å². The summed E-state index contributed by atoms with van der Waals surface area (Å²) >= 11 is 0. The van der Waals surface area contributed by atoms with Crippen molar-refractivity contribution in [3.8, 4) is 28.7 Å². The highest BCUT2D eigenvalue weighted by Crippen LogP contribution is 2.42. The first kappa shape index (κ1) is 69.0. The van der Waals surface area contributed by atoms with E-state index in [1.54, 1.807) is 0 Å². The molecule has 7 heterocycles. The van der Waals surface area contributed by atoms with Gasteiger partial charge in [-0.05, 0) is 143 Å². The standard InChI is InChI=1S/C17H29N4O.C15H21N4O.C14H24N3O.C13H20N2O.C11H16N2O2/c1-21(2)11-8-20(9-12-21)10-13-22-17-15(18)6-5-14-4-3-7-19-16(14)17;1-18-7-8-19(11-18)9-10-20-15-13(16)5-4-12-3-2-6-17-14(12)15;1-17(2,3)9-10-18-14-12(15)7-6-11-5-4-8-16-13(11)14;1-13(2,3)16-12-10(14)7-6-9-5-4-8-15-11(9)12;12-9-4-3-8-2-1-5-13-10(8)11(9)15-7-6-14/h5-6,19H,3-4,7-13,18H2,1-2H3;4-5,7-8,11,17H,2-3,6,9-10,16H2,1H3;6-7,16H,4-5,8-10,15H2,1-3H3;6-7,15H,4-5,8,14H2,1-3H3;3-4,13-14H,1-2,5-7,12H2/q3*+1;;. The lowest BCUT2D eigenvalue weighted by molar-refractivity contribution is -0.894. The normalized spacial score (nSPS) is 16.0. The van der Waals surface area contributed by atoms with Crippen LogP contribution < -0.4 is 83.5 Å². The molecular formula is C70H110N15O6+3. The Hall–Kier alpha value is -7.85. The highest BCUT2D eigenvalue weighted by Gasteiger charge is 2.26. The second-order valence-electron chi connectivity index (χ2n) is 27.1. The average Bonchev–Trinajstić information content (AvgIpc) is 2.77. The number of imidazole rings is 1. The van der Waals surface area contributed by atoms with Gasteiger partial charge in [-0.1, -0.05) is 30.3 Å². The summed E-state index contributed by atoms with van der Waals surface area (Å²) in [4.78, 5) is 2.49. The molecular weight excluding hydrogens is 1150 g/mol. The highest BCUT2D eigenvalue weighted by atomic mass is 16.5. The number of anilines is 10.